The van der Waals surface area contributed by atoms with Crippen molar-refractivity contribution in [3.05, 3.63) is 5.82 Å². The van der Waals surface area contributed by atoms with E-state index in [2.05, 4.69) is 28.6 Å². The lowest BCUT2D eigenvalue weighted by Gasteiger charge is -2.19. The summed E-state index contributed by atoms with van der Waals surface area (Å²) in [5.41, 5.74) is 5.77. The van der Waals surface area contributed by atoms with E-state index in [0.717, 1.165) is 29.6 Å². The van der Waals surface area contributed by atoms with Gasteiger partial charge in [-0.25, -0.2) is 0 Å². The average molecular weight is 282 g/mol. The standard InChI is InChI=1S/C13H22N4OS/c1-13(2)6-5-10(18-13)8-19-12-16-15-11(7-14)17(12)9-3-4-9/h9-10H,3-8,14H2,1-2H3. The van der Waals surface area contributed by atoms with E-state index < -0.39 is 0 Å². The van der Waals surface area contributed by atoms with Gasteiger partial charge in [-0.3, -0.25) is 0 Å². The van der Waals surface area contributed by atoms with E-state index in [1.807, 2.05) is 0 Å². The first kappa shape index (κ1) is 13.4. The second kappa shape index (κ2) is 5.07. The molecule has 1 aromatic heterocycles. The van der Waals surface area contributed by atoms with Gasteiger partial charge in [-0.2, -0.15) is 0 Å². The zero-order valence-corrected chi connectivity index (χ0v) is 12.4. The molecule has 0 aromatic carbocycles. The van der Waals surface area contributed by atoms with Crippen molar-refractivity contribution in [2.45, 2.75) is 69.0 Å². The fourth-order valence-corrected chi connectivity index (χ4v) is 3.67. The summed E-state index contributed by atoms with van der Waals surface area (Å²) in [6.45, 7) is 4.80. The largest absolute Gasteiger partial charge is 0.371 e. The summed E-state index contributed by atoms with van der Waals surface area (Å²) < 4.78 is 8.24. The normalized spacial score (nSPS) is 25.9. The van der Waals surface area contributed by atoms with Crippen molar-refractivity contribution in [1.29, 1.82) is 0 Å². The van der Waals surface area contributed by atoms with Crippen LogP contribution in [0.2, 0.25) is 0 Å². The minimum Gasteiger partial charge on any atom is -0.371 e. The highest BCUT2D eigenvalue weighted by atomic mass is 32.2. The molecule has 0 amide bonds. The van der Waals surface area contributed by atoms with Crippen molar-refractivity contribution in [1.82, 2.24) is 14.8 Å². The molecule has 2 heterocycles. The summed E-state index contributed by atoms with van der Waals surface area (Å²) in [7, 11) is 0. The van der Waals surface area contributed by atoms with E-state index in [9.17, 15) is 0 Å². The molecule has 1 saturated heterocycles. The minimum absolute atomic E-state index is 0.0395. The van der Waals surface area contributed by atoms with Crippen molar-refractivity contribution >= 4 is 11.8 Å². The molecule has 19 heavy (non-hydrogen) atoms. The predicted molar refractivity (Wildman–Crippen MR) is 75.1 cm³/mol. The number of hydrogen-bond donors (Lipinski definition) is 1. The molecule has 3 rings (SSSR count). The maximum atomic E-state index is 6.02. The number of nitrogens with two attached hydrogens (primary N) is 1. The van der Waals surface area contributed by atoms with Gasteiger partial charge in [0.25, 0.3) is 0 Å². The first-order valence-electron chi connectivity index (χ1n) is 7.03. The Labute approximate surface area is 118 Å². The Morgan fingerprint density at radius 1 is 1.37 bits per heavy atom. The third kappa shape index (κ3) is 2.95. The summed E-state index contributed by atoms with van der Waals surface area (Å²) >= 11 is 1.76. The van der Waals surface area contributed by atoms with Gasteiger partial charge >= 0.3 is 0 Å². The number of rotatable bonds is 5. The molecule has 106 valence electrons. The molecule has 2 fully saturated rings. The van der Waals surface area contributed by atoms with Gasteiger partial charge in [0.1, 0.15) is 5.82 Å². The van der Waals surface area contributed by atoms with E-state index in [-0.39, 0.29) is 5.60 Å². The molecule has 1 saturated carbocycles. The third-order valence-corrected chi connectivity index (χ3v) is 4.86. The molecule has 0 radical (unpaired) electrons. The molecule has 1 atom stereocenters. The van der Waals surface area contributed by atoms with Crippen LogP contribution in [0.3, 0.4) is 0 Å². The predicted octanol–water partition coefficient (Wildman–Crippen LogP) is 2.12. The van der Waals surface area contributed by atoms with Crippen LogP contribution < -0.4 is 5.73 Å². The van der Waals surface area contributed by atoms with Crippen molar-refractivity contribution in [2.24, 2.45) is 5.73 Å². The van der Waals surface area contributed by atoms with Crippen molar-refractivity contribution < 1.29 is 4.74 Å². The highest BCUT2D eigenvalue weighted by molar-refractivity contribution is 7.99. The van der Waals surface area contributed by atoms with Crippen molar-refractivity contribution in [2.75, 3.05) is 5.75 Å². The first-order chi connectivity index (χ1) is 9.09. The van der Waals surface area contributed by atoms with E-state index in [1.54, 1.807) is 11.8 Å². The van der Waals surface area contributed by atoms with Gasteiger partial charge in [0, 0.05) is 11.8 Å². The number of thioether (sulfide) groups is 1. The maximum absolute atomic E-state index is 6.02. The summed E-state index contributed by atoms with van der Waals surface area (Å²) in [6.07, 6.45) is 5.07. The third-order valence-electron chi connectivity index (χ3n) is 3.78. The van der Waals surface area contributed by atoms with Crippen molar-refractivity contribution in [3.8, 4) is 0 Å². The number of hydrogen-bond acceptors (Lipinski definition) is 5. The molecule has 2 aliphatic rings. The summed E-state index contributed by atoms with van der Waals surface area (Å²) in [4.78, 5) is 0. The molecule has 6 heteroatoms. The topological polar surface area (TPSA) is 66.0 Å². The van der Waals surface area contributed by atoms with Gasteiger partial charge < -0.3 is 15.0 Å². The lowest BCUT2D eigenvalue weighted by atomic mass is 10.1. The molecule has 1 aliphatic carbocycles. The number of nitrogens with zero attached hydrogens (tertiary/aromatic N) is 3. The van der Waals surface area contributed by atoms with Crippen LogP contribution in [0.5, 0.6) is 0 Å². The second-order valence-corrected chi connectivity index (χ2v) is 7.04. The Morgan fingerprint density at radius 2 is 2.16 bits per heavy atom. The molecule has 0 spiro atoms. The molecule has 5 nitrogen and oxygen atoms in total. The zero-order chi connectivity index (χ0) is 13.5. The highest BCUT2D eigenvalue weighted by Gasteiger charge is 2.33. The highest BCUT2D eigenvalue weighted by Crippen LogP contribution is 2.39. The fraction of sp³-hybridized carbons (Fsp3) is 0.846. The average Bonchev–Trinajstić information content (AvgIpc) is 3.03. The Kier molecular flexibility index (Phi) is 3.57. The van der Waals surface area contributed by atoms with E-state index in [0.29, 0.717) is 18.7 Å². The second-order valence-electron chi connectivity index (χ2n) is 6.05. The van der Waals surface area contributed by atoms with Crippen LogP contribution in [0.1, 0.15) is 51.4 Å². The first-order valence-corrected chi connectivity index (χ1v) is 8.02. The molecule has 1 aromatic rings. The molecule has 1 aliphatic heterocycles. The van der Waals surface area contributed by atoms with Gasteiger partial charge in [0.15, 0.2) is 5.16 Å². The van der Waals surface area contributed by atoms with Crippen LogP contribution in [-0.2, 0) is 11.3 Å². The van der Waals surface area contributed by atoms with E-state index >= 15 is 0 Å². The van der Waals surface area contributed by atoms with E-state index in [1.165, 1.54) is 12.8 Å². The van der Waals surface area contributed by atoms with Crippen LogP contribution in [0.4, 0.5) is 0 Å². The SMILES string of the molecule is CC1(C)CCC(CSc2nnc(CN)n2C2CC2)O1. The number of aromatic nitrogens is 3. The molecule has 0 bridgehead atoms. The Balaban J connectivity index is 1.62. The van der Waals surface area contributed by atoms with Gasteiger partial charge in [-0.1, -0.05) is 11.8 Å². The molecular weight excluding hydrogens is 260 g/mol. The summed E-state index contributed by atoms with van der Waals surface area (Å²) in [5, 5.41) is 9.49. The minimum atomic E-state index is 0.0395. The van der Waals surface area contributed by atoms with Gasteiger partial charge in [0.05, 0.1) is 18.2 Å². The van der Waals surface area contributed by atoms with E-state index in [4.69, 9.17) is 10.5 Å². The van der Waals surface area contributed by atoms with Gasteiger partial charge in [-0.05, 0) is 39.5 Å². The van der Waals surface area contributed by atoms with Crippen molar-refractivity contribution in [3.63, 3.8) is 0 Å². The molecule has 1 unspecified atom stereocenters. The molecular formula is C13H22N4OS. The Hall–Kier alpha value is -0.590. The fourth-order valence-electron chi connectivity index (χ4n) is 2.61. The summed E-state index contributed by atoms with van der Waals surface area (Å²) in [5.74, 6) is 1.87. The smallest absolute Gasteiger partial charge is 0.191 e. The van der Waals surface area contributed by atoms with Gasteiger partial charge in [0.2, 0.25) is 0 Å². The monoisotopic (exact) mass is 282 g/mol. The maximum Gasteiger partial charge on any atom is 0.191 e. The zero-order valence-electron chi connectivity index (χ0n) is 11.6. The Morgan fingerprint density at radius 3 is 2.74 bits per heavy atom. The van der Waals surface area contributed by atoms with Crippen LogP contribution in [0.25, 0.3) is 0 Å². The molecule has 2 N–H and O–H groups in total. The van der Waals surface area contributed by atoms with Crippen LogP contribution >= 0.6 is 11.8 Å². The number of ether oxygens (including phenoxy) is 1. The quantitative estimate of drug-likeness (QED) is 0.838. The lowest BCUT2D eigenvalue weighted by Crippen LogP contribution is -2.21. The van der Waals surface area contributed by atoms with Crippen LogP contribution in [0.15, 0.2) is 5.16 Å². The lowest BCUT2D eigenvalue weighted by molar-refractivity contribution is -0.00469. The Bertz CT molecular complexity index is 455. The van der Waals surface area contributed by atoms with Gasteiger partial charge in [-0.15, -0.1) is 10.2 Å². The van der Waals surface area contributed by atoms with Crippen LogP contribution in [-0.4, -0.2) is 32.2 Å². The van der Waals surface area contributed by atoms with Crippen LogP contribution in [0, 0.1) is 0 Å². The summed E-state index contributed by atoms with van der Waals surface area (Å²) in [6, 6.07) is 0.581.